The number of H-pyrrole nitrogens is 1. The van der Waals surface area contributed by atoms with Crippen molar-refractivity contribution in [2.45, 2.75) is 26.3 Å². The van der Waals surface area contributed by atoms with Crippen molar-refractivity contribution >= 4 is 23.3 Å². The van der Waals surface area contributed by atoms with Crippen LogP contribution in [-0.2, 0) is 6.42 Å². The van der Waals surface area contributed by atoms with Crippen molar-refractivity contribution in [2.24, 2.45) is 0 Å². The molecule has 0 unspecified atom stereocenters. The second-order valence-corrected chi connectivity index (χ2v) is 5.41. The van der Waals surface area contributed by atoms with Crippen LogP contribution in [0.4, 0.5) is 5.82 Å². The van der Waals surface area contributed by atoms with Crippen LogP contribution < -0.4 is 5.73 Å². The molecule has 0 aliphatic carbocycles. The van der Waals surface area contributed by atoms with E-state index in [0.29, 0.717) is 6.42 Å². The molecule has 2 aromatic rings. The van der Waals surface area contributed by atoms with Gasteiger partial charge in [-0.3, -0.25) is 14.9 Å². The highest BCUT2D eigenvalue weighted by Gasteiger charge is 2.23. The lowest BCUT2D eigenvalue weighted by atomic mass is 10.1. The molecule has 2 aromatic heterocycles. The van der Waals surface area contributed by atoms with Crippen molar-refractivity contribution in [3.63, 3.8) is 0 Å². The van der Waals surface area contributed by atoms with Crippen molar-refractivity contribution in [1.29, 1.82) is 0 Å². The van der Waals surface area contributed by atoms with E-state index in [4.69, 9.17) is 17.3 Å². The zero-order valence-corrected chi connectivity index (χ0v) is 13.0. The maximum atomic E-state index is 12.4. The molecule has 0 bridgehead atoms. The fourth-order valence-electron chi connectivity index (χ4n) is 2.01. The van der Waals surface area contributed by atoms with Crippen LogP contribution in [0.25, 0.3) is 0 Å². The minimum atomic E-state index is -0.245. The lowest BCUT2D eigenvalue weighted by Crippen LogP contribution is -2.37. The predicted molar refractivity (Wildman–Crippen MR) is 82.2 cm³/mol. The first kappa shape index (κ1) is 15.3. The van der Waals surface area contributed by atoms with Gasteiger partial charge in [0.1, 0.15) is 10.7 Å². The first-order valence-electron chi connectivity index (χ1n) is 6.58. The second kappa shape index (κ2) is 6.13. The summed E-state index contributed by atoms with van der Waals surface area (Å²) in [5, 5.41) is 6.47. The maximum Gasteiger partial charge on any atom is 0.273 e. The number of likely N-dealkylation sites (N-methyl/N-ethyl adjacent to an activating group) is 1. The number of hydrogen-bond acceptors (Lipinski definition) is 4. The van der Waals surface area contributed by atoms with Gasteiger partial charge in [0.15, 0.2) is 5.82 Å². The number of nitrogens with two attached hydrogens (primary N) is 1. The number of halogens is 1. The predicted octanol–water partition coefficient (Wildman–Crippen LogP) is 2.05. The van der Waals surface area contributed by atoms with E-state index < -0.39 is 0 Å². The lowest BCUT2D eigenvalue weighted by molar-refractivity contribution is 0.0737. The van der Waals surface area contributed by atoms with E-state index in [0.717, 1.165) is 11.3 Å². The van der Waals surface area contributed by atoms with E-state index in [1.165, 1.54) is 0 Å². The summed E-state index contributed by atoms with van der Waals surface area (Å²) in [7, 11) is 1.72. The summed E-state index contributed by atoms with van der Waals surface area (Å²) in [6.07, 6.45) is 2.42. The molecule has 0 saturated carbocycles. The van der Waals surface area contributed by atoms with Crippen LogP contribution in [0.5, 0.6) is 0 Å². The Morgan fingerprint density at radius 3 is 2.86 bits per heavy atom. The zero-order valence-electron chi connectivity index (χ0n) is 12.2. The van der Waals surface area contributed by atoms with Gasteiger partial charge >= 0.3 is 0 Å². The minimum absolute atomic E-state index is 0.0355. The quantitative estimate of drug-likeness (QED) is 0.905. The van der Waals surface area contributed by atoms with Gasteiger partial charge < -0.3 is 10.6 Å². The Balaban J connectivity index is 2.12. The summed E-state index contributed by atoms with van der Waals surface area (Å²) < 4.78 is 0. The smallest absolute Gasteiger partial charge is 0.273 e. The Labute approximate surface area is 128 Å². The molecule has 2 heterocycles. The van der Waals surface area contributed by atoms with Gasteiger partial charge in [0.05, 0.1) is 0 Å². The monoisotopic (exact) mass is 307 g/mol. The van der Waals surface area contributed by atoms with Gasteiger partial charge in [-0.2, -0.15) is 5.10 Å². The third-order valence-corrected chi connectivity index (χ3v) is 3.92. The largest absolute Gasteiger partial charge is 0.381 e. The number of carbonyl (C=O) groups is 1. The highest BCUT2D eigenvalue weighted by molar-refractivity contribution is 6.35. The average Bonchev–Trinajstić information content (AvgIpc) is 2.80. The van der Waals surface area contributed by atoms with E-state index in [9.17, 15) is 4.79 Å². The third-order valence-electron chi connectivity index (χ3n) is 3.53. The Morgan fingerprint density at radius 1 is 1.57 bits per heavy atom. The molecule has 1 atom stereocenters. The molecule has 6 nitrogen and oxygen atoms in total. The number of pyridine rings is 1. The maximum absolute atomic E-state index is 12.4. The van der Waals surface area contributed by atoms with Gasteiger partial charge in [-0.05, 0) is 25.5 Å². The van der Waals surface area contributed by atoms with Crippen LogP contribution in [0.1, 0.15) is 28.7 Å². The highest BCUT2D eigenvalue weighted by Crippen LogP contribution is 2.22. The minimum Gasteiger partial charge on any atom is -0.381 e. The van der Waals surface area contributed by atoms with Gasteiger partial charge in [0, 0.05) is 31.4 Å². The molecular formula is C14H18ClN5O. The fraction of sp³-hybridized carbons (Fsp3) is 0.357. The lowest BCUT2D eigenvalue weighted by Gasteiger charge is -2.24. The first-order valence-corrected chi connectivity index (χ1v) is 6.96. The van der Waals surface area contributed by atoms with Gasteiger partial charge in [-0.15, -0.1) is 0 Å². The molecule has 0 aromatic carbocycles. The topological polar surface area (TPSA) is 87.9 Å². The molecule has 21 heavy (non-hydrogen) atoms. The molecule has 1 amide bonds. The standard InChI is InChI=1S/C14H18ClN5O/c1-8-5-4-6-17-10(8)7-9(2)20(3)14(21)12-11(15)13(16)19-18-12/h4-6,9H,7H2,1-3H3,(H3,16,18,19)/t9-/m0/s1. The number of carbonyl (C=O) groups excluding carboxylic acids is 1. The number of nitrogens with zero attached hydrogens (tertiary/aromatic N) is 3. The molecule has 3 N–H and O–H groups in total. The zero-order chi connectivity index (χ0) is 15.6. The number of hydrogen-bond donors (Lipinski definition) is 2. The van der Waals surface area contributed by atoms with Crippen molar-refractivity contribution in [3.8, 4) is 0 Å². The van der Waals surface area contributed by atoms with E-state index in [-0.39, 0.29) is 28.5 Å². The summed E-state index contributed by atoms with van der Waals surface area (Å²) in [5.41, 5.74) is 7.83. The van der Waals surface area contributed by atoms with Gasteiger partial charge in [-0.25, -0.2) is 0 Å². The van der Waals surface area contributed by atoms with Crippen LogP contribution in [0, 0.1) is 6.92 Å². The molecule has 0 aliphatic rings. The molecule has 0 saturated heterocycles. The molecule has 0 fully saturated rings. The summed E-state index contributed by atoms with van der Waals surface area (Å²) in [6.45, 7) is 3.96. The Kier molecular flexibility index (Phi) is 4.47. The number of amides is 1. The molecule has 7 heteroatoms. The molecule has 0 radical (unpaired) electrons. The first-order chi connectivity index (χ1) is 9.91. The number of nitrogen functional groups attached to an aromatic ring is 1. The summed E-state index contributed by atoms with van der Waals surface area (Å²) >= 11 is 5.96. The third kappa shape index (κ3) is 3.16. The van der Waals surface area contributed by atoms with Crippen molar-refractivity contribution in [2.75, 3.05) is 12.8 Å². The van der Waals surface area contributed by atoms with Gasteiger partial charge in [-0.1, -0.05) is 17.7 Å². The van der Waals surface area contributed by atoms with Crippen LogP contribution in [-0.4, -0.2) is 39.1 Å². The fourth-order valence-corrected chi connectivity index (χ4v) is 2.17. The number of aryl methyl sites for hydroxylation is 1. The van der Waals surface area contributed by atoms with Crippen LogP contribution in [0.15, 0.2) is 18.3 Å². The summed E-state index contributed by atoms with van der Waals surface area (Å²) in [4.78, 5) is 18.3. The molecular weight excluding hydrogens is 290 g/mol. The average molecular weight is 308 g/mol. The van der Waals surface area contributed by atoms with Crippen LogP contribution in [0.2, 0.25) is 5.02 Å². The van der Waals surface area contributed by atoms with Crippen LogP contribution in [0.3, 0.4) is 0 Å². The Bertz CT molecular complexity index is 655. The molecule has 2 rings (SSSR count). The van der Waals surface area contributed by atoms with Crippen molar-refractivity contribution in [1.82, 2.24) is 20.1 Å². The number of nitrogens with one attached hydrogen (secondary N) is 1. The van der Waals surface area contributed by atoms with Crippen LogP contribution >= 0.6 is 11.6 Å². The van der Waals surface area contributed by atoms with E-state index >= 15 is 0 Å². The summed E-state index contributed by atoms with van der Waals surface area (Å²) in [6, 6.07) is 3.86. The SMILES string of the molecule is Cc1cccnc1C[C@H](C)N(C)C(=O)c1[nH]nc(N)c1Cl. The van der Waals surface area contributed by atoms with E-state index in [1.807, 2.05) is 26.0 Å². The van der Waals surface area contributed by atoms with Crippen molar-refractivity contribution in [3.05, 3.63) is 40.3 Å². The van der Waals surface area contributed by atoms with E-state index in [1.54, 1.807) is 18.1 Å². The Hall–Kier alpha value is -2.08. The normalized spacial score (nSPS) is 12.2. The molecule has 0 aliphatic heterocycles. The molecule has 112 valence electrons. The second-order valence-electron chi connectivity index (χ2n) is 5.03. The number of aromatic amines is 1. The van der Waals surface area contributed by atoms with Crippen molar-refractivity contribution < 1.29 is 4.79 Å². The van der Waals surface area contributed by atoms with E-state index in [2.05, 4.69) is 15.2 Å². The van der Waals surface area contributed by atoms with Gasteiger partial charge in [0.25, 0.3) is 5.91 Å². The highest BCUT2D eigenvalue weighted by atomic mass is 35.5. The molecule has 0 spiro atoms. The number of anilines is 1. The van der Waals surface area contributed by atoms with Gasteiger partial charge in [0.2, 0.25) is 0 Å². The Morgan fingerprint density at radius 2 is 2.29 bits per heavy atom. The number of aromatic nitrogens is 3. The number of rotatable bonds is 4. The summed E-state index contributed by atoms with van der Waals surface area (Å²) in [5.74, 6) is -0.119.